The second-order valence-corrected chi connectivity index (χ2v) is 6.44. The molecule has 0 spiro atoms. The molecule has 0 aliphatic heterocycles. The number of hydrogen-bond donors (Lipinski definition) is 1. The first kappa shape index (κ1) is 17.1. The Hall–Kier alpha value is -2.74. The fourth-order valence-electron chi connectivity index (χ4n) is 2.24. The molecule has 0 fully saturated rings. The summed E-state index contributed by atoms with van der Waals surface area (Å²) in [5, 5.41) is 9.77. The van der Waals surface area contributed by atoms with Crippen LogP contribution in [0.1, 0.15) is 16.6 Å². The Morgan fingerprint density at radius 1 is 1.28 bits per heavy atom. The minimum absolute atomic E-state index is 0.0548. The molecule has 0 radical (unpaired) electrons. The maximum Gasteiger partial charge on any atom is 0.236 e. The molecule has 0 aliphatic rings. The Morgan fingerprint density at radius 2 is 2.08 bits per heavy atom. The Kier molecular flexibility index (Phi) is 5.39. The zero-order chi connectivity index (χ0) is 17.6. The predicted molar refractivity (Wildman–Crippen MR) is 93.6 cm³/mol. The van der Waals surface area contributed by atoms with Crippen LogP contribution in [-0.2, 0) is 17.6 Å². The molecule has 0 unspecified atom stereocenters. The second-order valence-electron chi connectivity index (χ2n) is 5.37. The molecule has 0 saturated heterocycles. The average molecular weight is 358 g/mol. The summed E-state index contributed by atoms with van der Waals surface area (Å²) in [6, 6.07) is 7.31. The van der Waals surface area contributed by atoms with Crippen molar-refractivity contribution in [3.05, 3.63) is 46.2 Å². The van der Waals surface area contributed by atoms with Gasteiger partial charge in [0.25, 0.3) is 0 Å². The third-order valence-electron chi connectivity index (χ3n) is 3.50. The highest BCUT2D eigenvalue weighted by Gasteiger charge is 2.12. The van der Waals surface area contributed by atoms with Crippen molar-refractivity contribution in [2.24, 2.45) is 0 Å². The highest BCUT2D eigenvalue weighted by molar-refractivity contribution is 7.09. The van der Waals surface area contributed by atoms with Crippen LogP contribution >= 0.6 is 11.3 Å². The molecule has 2 heterocycles. The average Bonchev–Trinajstić information content (AvgIpc) is 3.24. The first-order valence-electron chi connectivity index (χ1n) is 7.79. The number of hydrogen-bond acceptors (Lipinski definition) is 7. The van der Waals surface area contributed by atoms with Gasteiger partial charge in [0.05, 0.1) is 17.8 Å². The summed E-state index contributed by atoms with van der Waals surface area (Å²) in [5.41, 5.74) is 1.79. The lowest BCUT2D eigenvalue weighted by Crippen LogP contribution is -2.27. The quantitative estimate of drug-likeness (QED) is 0.697. The Balaban J connectivity index is 1.50. The van der Waals surface area contributed by atoms with E-state index in [9.17, 15) is 4.79 Å². The van der Waals surface area contributed by atoms with E-state index < -0.39 is 0 Å². The van der Waals surface area contributed by atoms with Crippen LogP contribution in [0.4, 0.5) is 0 Å². The lowest BCUT2D eigenvalue weighted by molar-refractivity contribution is -0.120. The van der Waals surface area contributed by atoms with Crippen molar-refractivity contribution >= 4 is 17.2 Å². The van der Waals surface area contributed by atoms with Crippen molar-refractivity contribution in [3.63, 3.8) is 0 Å². The fourth-order valence-corrected chi connectivity index (χ4v) is 2.88. The highest BCUT2D eigenvalue weighted by atomic mass is 32.1. The minimum Gasteiger partial charge on any atom is -0.497 e. The summed E-state index contributed by atoms with van der Waals surface area (Å²) in [4.78, 5) is 20.6. The third kappa shape index (κ3) is 4.63. The topological polar surface area (TPSA) is 90.1 Å². The van der Waals surface area contributed by atoms with Crippen molar-refractivity contribution < 1.29 is 14.1 Å². The van der Waals surface area contributed by atoms with Crippen molar-refractivity contribution in [2.45, 2.75) is 19.8 Å². The van der Waals surface area contributed by atoms with E-state index in [1.165, 1.54) is 0 Å². The zero-order valence-electron chi connectivity index (χ0n) is 14.0. The number of methoxy groups -OCH3 is 1. The van der Waals surface area contributed by atoms with Gasteiger partial charge in [0.1, 0.15) is 12.2 Å². The zero-order valence-corrected chi connectivity index (χ0v) is 14.8. The molecule has 1 aromatic carbocycles. The van der Waals surface area contributed by atoms with Gasteiger partial charge in [-0.05, 0) is 31.2 Å². The molecule has 1 N–H and O–H groups in total. The Bertz CT molecular complexity index is 842. The minimum atomic E-state index is -0.156. The van der Waals surface area contributed by atoms with Crippen molar-refractivity contribution in [2.75, 3.05) is 13.7 Å². The largest absolute Gasteiger partial charge is 0.497 e. The summed E-state index contributed by atoms with van der Waals surface area (Å²) in [5.74, 6) is 1.33. The van der Waals surface area contributed by atoms with E-state index in [4.69, 9.17) is 9.26 Å². The SMILES string of the molecule is COc1ccc(-c2noc(CC(=O)NCCc3csc(C)n3)n2)cc1. The lowest BCUT2D eigenvalue weighted by Gasteiger charge is -2.01. The Morgan fingerprint density at radius 3 is 2.76 bits per heavy atom. The van der Waals surface area contributed by atoms with Crippen LogP contribution in [0, 0.1) is 6.92 Å². The number of nitrogens with zero attached hydrogens (tertiary/aromatic N) is 3. The molecule has 3 rings (SSSR count). The van der Waals surface area contributed by atoms with Crippen LogP contribution < -0.4 is 10.1 Å². The normalized spacial score (nSPS) is 10.6. The maximum atomic E-state index is 12.0. The first-order chi connectivity index (χ1) is 12.1. The summed E-state index contributed by atoms with van der Waals surface area (Å²) in [6.45, 7) is 2.49. The third-order valence-corrected chi connectivity index (χ3v) is 4.32. The van der Waals surface area contributed by atoms with E-state index in [0.717, 1.165) is 22.0 Å². The van der Waals surface area contributed by atoms with Crippen molar-refractivity contribution in [1.29, 1.82) is 0 Å². The molecular formula is C17H18N4O3S. The van der Waals surface area contributed by atoms with Gasteiger partial charge in [0.2, 0.25) is 17.6 Å². The summed E-state index contributed by atoms with van der Waals surface area (Å²) in [7, 11) is 1.61. The van der Waals surface area contributed by atoms with Crippen LogP contribution in [-0.4, -0.2) is 34.7 Å². The highest BCUT2D eigenvalue weighted by Crippen LogP contribution is 2.19. The number of aryl methyl sites for hydroxylation is 1. The molecule has 0 atom stereocenters. The summed E-state index contributed by atoms with van der Waals surface area (Å²) < 4.78 is 10.3. The molecule has 3 aromatic rings. The van der Waals surface area contributed by atoms with Crippen molar-refractivity contribution in [1.82, 2.24) is 20.4 Å². The predicted octanol–water partition coefficient (Wildman–Crippen LogP) is 2.41. The smallest absolute Gasteiger partial charge is 0.236 e. The number of aromatic nitrogens is 3. The molecule has 25 heavy (non-hydrogen) atoms. The van der Waals surface area contributed by atoms with E-state index in [2.05, 4.69) is 20.4 Å². The van der Waals surface area contributed by atoms with Crippen LogP contribution in [0.2, 0.25) is 0 Å². The van der Waals surface area contributed by atoms with Crippen LogP contribution in [0.3, 0.4) is 0 Å². The standard InChI is InChI=1S/C17H18N4O3S/c1-11-19-13(10-25-11)7-8-18-15(22)9-16-20-17(21-24-16)12-3-5-14(23-2)6-4-12/h3-6,10H,7-9H2,1-2H3,(H,18,22). The number of ether oxygens (including phenoxy) is 1. The molecular weight excluding hydrogens is 340 g/mol. The van der Waals surface area contributed by atoms with Gasteiger partial charge in [-0.25, -0.2) is 4.98 Å². The monoisotopic (exact) mass is 358 g/mol. The van der Waals surface area contributed by atoms with Gasteiger partial charge < -0.3 is 14.6 Å². The van der Waals surface area contributed by atoms with E-state index in [1.807, 2.05) is 36.6 Å². The molecule has 0 saturated carbocycles. The van der Waals surface area contributed by atoms with E-state index >= 15 is 0 Å². The van der Waals surface area contributed by atoms with Gasteiger partial charge in [-0.1, -0.05) is 5.16 Å². The van der Waals surface area contributed by atoms with Gasteiger partial charge in [0.15, 0.2) is 0 Å². The molecule has 0 aliphatic carbocycles. The number of amides is 1. The number of nitrogens with one attached hydrogen (secondary N) is 1. The molecule has 7 nitrogen and oxygen atoms in total. The fraction of sp³-hybridized carbons (Fsp3) is 0.294. The number of thiazole rings is 1. The van der Waals surface area contributed by atoms with Gasteiger partial charge in [-0.3, -0.25) is 4.79 Å². The van der Waals surface area contributed by atoms with E-state index in [-0.39, 0.29) is 18.2 Å². The maximum absolute atomic E-state index is 12.0. The number of carbonyl (C=O) groups excluding carboxylic acids is 1. The molecule has 130 valence electrons. The lowest BCUT2D eigenvalue weighted by atomic mass is 10.2. The number of carbonyl (C=O) groups is 1. The number of benzene rings is 1. The molecule has 1 amide bonds. The van der Waals surface area contributed by atoms with Crippen LogP contribution in [0.25, 0.3) is 11.4 Å². The van der Waals surface area contributed by atoms with Crippen LogP contribution in [0.5, 0.6) is 5.75 Å². The molecule has 0 bridgehead atoms. The first-order valence-corrected chi connectivity index (χ1v) is 8.66. The Labute approximate surface area is 149 Å². The van der Waals surface area contributed by atoms with Gasteiger partial charge >= 0.3 is 0 Å². The van der Waals surface area contributed by atoms with Crippen LogP contribution in [0.15, 0.2) is 34.2 Å². The van der Waals surface area contributed by atoms with Crippen molar-refractivity contribution in [3.8, 4) is 17.1 Å². The van der Waals surface area contributed by atoms with Gasteiger partial charge in [-0.2, -0.15) is 4.98 Å². The van der Waals surface area contributed by atoms with E-state index in [0.29, 0.717) is 18.8 Å². The van der Waals surface area contributed by atoms with Gasteiger partial charge in [-0.15, -0.1) is 11.3 Å². The number of rotatable bonds is 7. The molecule has 2 aromatic heterocycles. The summed E-state index contributed by atoms with van der Waals surface area (Å²) >= 11 is 1.60. The summed E-state index contributed by atoms with van der Waals surface area (Å²) in [6.07, 6.45) is 0.760. The van der Waals surface area contributed by atoms with E-state index in [1.54, 1.807) is 18.4 Å². The van der Waals surface area contributed by atoms with Gasteiger partial charge in [0, 0.05) is 23.9 Å². The molecule has 8 heteroatoms. The second kappa shape index (κ2) is 7.89.